The fourth-order valence-corrected chi connectivity index (χ4v) is 2.08. The predicted octanol–water partition coefficient (Wildman–Crippen LogP) is -1.27. The van der Waals surface area contributed by atoms with Crippen LogP contribution in [0.4, 0.5) is 0 Å². The van der Waals surface area contributed by atoms with Gasteiger partial charge in [-0.05, 0) is 12.9 Å². The summed E-state index contributed by atoms with van der Waals surface area (Å²) in [6, 6.07) is 0. The zero-order valence-electron chi connectivity index (χ0n) is 17.3. The molecule has 0 amide bonds. The minimum absolute atomic E-state index is 0.993. The smallest absolute Gasteiger partial charge is 0.368 e. The molecule has 0 radical (unpaired) electrons. The molecule has 0 aromatic rings. The molecule has 8 nitrogen and oxygen atoms in total. The molecule has 86 valence electrons. The molecule has 2 atom stereocenters. The first-order valence-corrected chi connectivity index (χ1v) is 5.91. The van der Waals surface area contributed by atoms with Crippen LogP contribution in [-0.4, -0.2) is 40.6 Å². The van der Waals surface area contributed by atoms with Gasteiger partial charge in [0, 0.05) is 14.6 Å². The van der Waals surface area contributed by atoms with Gasteiger partial charge in [-0.1, -0.05) is 0 Å². The molecule has 0 aromatic heterocycles. The van der Waals surface area contributed by atoms with E-state index in [2.05, 4.69) is 14.9 Å². The highest BCUT2D eigenvalue weighted by Gasteiger charge is 2.58. The zero-order chi connectivity index (χ0) is 20.7. The van der Waals surface area contributed by atoms with Crippen LogP contribution in [0.2, 0.25) is 2.82 Å². The van der Waals surface area contributed by atoms with Crippen LogP contribution in [0.15, 0.2) is 0 Å². The Balaban J connectivity index is 7.09. The monoisotopic (exact) mass is 260 g/mol. The minimum atomic E-state index is -6.29. The van der Waals surface area contributed by atoms with E-state index >= 15 is 0 Å². The van der Waals surface area contributed by atoms with Crippen molar-refractivity contribution in [2.75, 3.05) is 6.50 Å². The quantitative estimate of drug-likeness (QED) is 0.279. The SMILES string of the molecule is [2H]OC(C([2H])([2H])C([2H])([2H])C([2H])([2H])N([2H])[2H])(P(=O)(O)O[2H])P(=O)(O)O[2H]. The molecule has 0 aliphatic rings. The maximum Gasteiger partial charge on any atom is 0.369 e. The van der Waals surface area contributed by atoms with E-state index in [-0.39, 0.29) is 0 Å². The van der Waals surface area contributed by atoms with Crippen molar-refractivity contribution in [2.45, 2.75) is 17.8 Å². The van der Waals surface area contributed by atoms with Crippen LogP contribution in [-0.2, 0) is 9.13 Å². The molecule has 0 spiro atoms. The summed E-state index contributed by atoms with van der Waals surface area (Å²) in [7, 11) is -12.6. The fourth-order valence-electron chi connectivity index (χ4n) is 0.410. The molecule has 0 fully saturated rings. The van der Waals surface area contributed by atoms with E-state index in [0.717, 1.165) is 0 Å². The van der Waals surface area contributed by atoms with Crippen LogP contribution in [0.25, 0.3) is 0 Å². The van der Waals surface area contributed by atoms with E-state index in [9.17, 15) is 18.9 Å². The summed E-state index contributed by atoms with van der Waals surface area (Å²) in [6.07, 6.45) is -8.86. The lowest BCUT2D eigenvalue weighted by atomic mass is 10.3. The molecular weight excluding hydrogens is 236 g/mol. The molecular formula is C4H13NO7P2. The van der Waals surface area contributed by atoms with Gasteiger partial charge in [0.2, 0.25) is 4.29 Å². The van der Waals surface area contributed by atoms with Gasteiger partial charge in [-0.25, -0.2) is 0 Å². The van der Waals surface area contributed by atoms with E-state index < -0.39 is 45.2 Å². The number of hydrogen-bond donors (Lipinski definition) is 6. The third-order valence-electron chi connectivity index (χ3n) is 1.05. The Morgan fingerprint density at radius 1 is 1.43 bits per heavy atom. The Morgan fingerprint density at radius 2 is 2.00 bits per heavy atom. The van der Waals surface area contributed by atoms with Crippen molar-refractivity contribution in [3.05, 3.63) is 0 Å². The third-order valence-corrected chi connectivity index (χ3v) is 4.32. The first-order chi connectivity index (χ1) is 10.9. The molecule has 7 N–H and O–H groups in total. The summed E-state index contributed by atoms with van der Waals surface area (Å²) in [5, 5.41) is -1.16. The molecule has 0 bridgehead atoms. The average molecular weight is 260 g/mol. The minimum Gasteiger partial charge on any atom is -0.368 e. The highest BCUT2D eigenvalue weighted by molar-refractivity contribution is 7.72. The molecule has 0 aliphatic heterocycles. The van der Waals surface area contributed by atoms with Crippen LogP contribution in [0.5, 0.6) is 0 Å². The molecule has 0 aliphatic carbocycles. The fraction of sp³-hybridized carbons (Fsp3) is 1.00. The number of aliphatic hydroxyl groups is 1. The first kappa shape index (κ1) is 4.24. The van der Waals surface area contributed by atoms with Gasteiger partial charge in [0.25, 0.3) is 5.08 Å². The van der Waals surface area contributed by atoms with Crippen LogP contribution in [0.3, 0.4) is 0 Å². The number of rotatable bonds is 9. The highest BCUT2D eigenvalue weighted by atomic mass is 31.2. The van der Waals surface area contributed by atoms with Crippen molar-refractivity contribution < 1.29 is 44.9 Å². The summed E-state index contributed by atoms with van der Waals surface area (Å²) in [5.41, 5.74) is -0.993. The summed E-state index contributed by atoms with van der Waals surface area (Å²) in [5.74, 6) is 0. The lowest BCUT2D eigenvalue weighted by Gasteiger charge is -2.28. The lowest BCUT2D eigenvalue weighted by molar-refractivity contribution is 0.121. The largest absolute Gasteiger partial charge is 0.369 e. The summed E-state index contributed by atoms with van der Waals surface area (Å²) >= 11 is 0. The van der Waals surface area contributed by atoms with Gasteiger partial charge < -0.3 is 30.4 Å². The van der Waals surface area contributed by atoms with Gasteiger partial charge >= 0.3 is 15.2 Å². The van der Waals surface area contributed by atoms with E-state index in [1.54, 1.807) is 0 Å². The molecule has 0 saturated heterocycles. The second-order valence-corrected chi connectivity index (χ2v) is 5.70. The van der Waals surface area contributed by atoms with Crippen molar-refractivity contribution in [3.8, 4) is 0 Å². The van der Waals surface area contributed by atoms with Crippen LogP contribution in [0.1, 0.15) is 21.0 Å². The summed E-state index contributed by atoms with van der Waals surface area (Å²) in [4.78, 5) is 25.6. The standard InChI is InChI=1S/C4H13NO7P2/c5-3-1-2-4(6,13(7,8)9)14(10,11)12/h6H,1-3,5H2,(H2,7,8,9)(H2,10,11,12)/i1D2,2D2,3D2,6D/hD4. The van der Waals surface area contributed by atoms with Crippen LogP contribution < -0.4 is 5.72 Å². The number of nitrogens with two attached hydrogens (primary N) is 1. The van der Waals surface area contributed by atoms with Crippen molar-refractivity contribution >= 4 is 15.2 Å². The lowest BCUT2D eigenvalue weighted by Crippen LogP contribution is -2.29. The molecule has 0 saturated carbocycles. The van der Waals surface area contributed by atoms with Crippen molar-refractivity contribution in [2.24, 2.45) is 5.72 Å². The highest BCUT2D eigenvalue weighted by Crippen LogP contribution is 2.69. The Kier molecular flexibility index (Phi) is 1.33. The van der Waals surface area contributed by atoms with Gasteiger partial charge in [-0.15, -0.1) is 0 Å². The Bertz CT molecular complexity index is 561. The molecule has 0 rings (SSSR count). The zero-order valence-corrected chi connectivity index (χ0v) is 8.07. The third kappa shape index (κ3) is 2.85. The van der Waals surface area contributed by atoms with Crippen molar-refractivity contribution in [3.63, 3.8) is 0 Å². The van der Waals surface area contributed by atoms with E-state index in [1.807, 2.05) is 0 Å². The maximum atomic E-state index is 12.0. The topological polar surface area (TPSA) is 161 Å². The van der Waals surface area contributed by atoms with Crippen LogP contribution in [0, 0.1) is 0 Å². The first-order valence-electron chi connectivity index (χ1n) is 7.87. The normalized spacial score (nSPS) is 39.2. The Morgan fingerprint density at radius 3 is 2.36 bits per heavy atom. The van der Waals surface area contributed by atoms with Gasteiger partial charge in [0.05, 0.1) is 0 Å². The van der Waals surface area contributed by atoms with E-state index in [1.165, 1.54) is 0 Å². The molecule has 0 aromatic carbocycles. The van der Waals surface area contributed by atoms with Gasteiger partial charge in [0.15, 0.2) is 0 Å². The van der Waals surface area contributed by atoms with Crippen molar-refractivity contribution in [1.29, 1.82) is 4.29 Å². The number of hydrogen-bond acceptors (Lipinski definition) is 6. The van der Waals surface area contributed by atoms with E-state index in [0.29, 0.717) is 0 Å². The molecule has 2 unspecified atom stereocenters. The summed E-state index contributed by atoms with van der Waals surface area (Å²) < 4.78 is 102. The van der Waals surface area contributed by atoms with Gasteiger partial charge in [-0.2, -0.15) is 0 Å². The van der Waals surface area contributed by atoms with Crippen molar-refractivity contribution in [1.82, 2.24) is 0 Å². The molecule has 0 heterocycles. The second-order valence-electron chi connectivity index (χ2n) is 2.01. The maximum absolute atomic E-state index is 12.0. The Labute approximate surface area is 95.9 Å². The van der Waals surface area contributed by atoms with Gasteiger partial charge in [-0.3, -0.25) is 9.13 Å². The van der Waals surface area contributed by atoms with Gasteiger partial charge in [0.1, 0.15) is 2.82 Å². The molecule has 14 heavy (non-hydrogen) atoms. The molecule has 10 heteroatoms. The predicted molar refractivity (Wildman–Crippen MR) is 47.3 cm³/mol. The summed E-state index contributed by atoms with van der Waals surface area (Å²) in [6.45, 7) is -3.97. The second kappa shape index (κ2) is 4.38. The van der Waals surface area contributed by atoms with Crippen LogP contribution >= 0.6 is 15.2 Å². The average Bonchev–Trinajstić information content (AvgIpc) is 2.46. The van der Waals surface area contributed by atoms with E-state index in [4.69, 9.17) is 15.3 Å². The Hall–Kier alpha value is 0.220.